The summed E-state index contributed by atoms with van der Waals surface area (Å²) in [5.74, 6) is 1.10. The first-order valence-electron chi connectivity index (χ1n) is 8.23. The van der Waals surface area contributed by atoms with Crippen molar-refractivity contribution in [1.29, 1.82) is 0 Å². The van der Waals surface area contributed by atoms with Crippen LogP contribution in [-0.4, -0.2) is 22.2 Å². The van der Waals surface area contributed by atoms with Gasteiger partial charge in [0.05, 0.1) is 6.54 Å². The predicted molar refractivity (Wildman–Crippen MR) is 97.7 cm³/mol. The van der Waals surface area contributed by atoms with Crippen LogP contribution in [0, 0.1) is 0 Å². The minimum atomic E-state index is -0.634. The molecular weight excluding hydrogens is 354 g/mol. The Kier molecular flexibility index (Phi) is 5.86. The Bertz CT molecular complexity index is 867. The first-order valence-corrected chi connectivity index (χ1v) is 8.61. The van der Waals surface area contributed by atoms with Gasteiger partial charge in [0.15, 0.2) is 6.10 Å². The molecule has 0 spiro atoms. The third-order valence-corrected chi connectivity index (χ3v) is 3.89. The van der Waals surface area contributed by atoms with Crippen molar-refractivity contribution < 1.29 is 14.1 Å². The molecule has 134 valence electrons. The van der Waals surface area contributed by atoms with Crippen LogP contribution in [0.15, 0.2) is 59.1 Å². The molecule has 0 aliphatic heterocycles. The Labute approximate surface area is 156 Å². The normalized spacial score (nSPS) is 11.8. The lowest BCUT2D eigenvalue weighted by atomic mass is 10.2. The van der Waals surface area contributed by atoms with Crippen molar-refractivity contribution in [2.75, 3.05) is 0 Å². The van der Waals surface area contributed by atoms with E-state index in [1.807, 2.05) is 37.3 Å². The minimum absolute atomic E-state index is 0.133. The van der Waals surface area contributed by atoms with Gasteiger partial charge in [-0.05, 0) is 24.6 Å². The van der Waals surface area contributed by atoms with Gasteiger partial charge in [-0.2, -0.15) is 4.98 Å². The second-order valence-electron chi connectivity index (χ2n) is 5.57. The van der Waals surface area contributed by atoms with Gasteiger partial charge in [0.1, 0.15) is 5.75 Å². The van der Waals surface area contributed by atoms with Crippen LogP contribution in [0.4, 0.5) is 0 Å². The van der Waals surface area contributed by atoms with E-state index in [2.05, 4.69) is 15.5 Å². The summed E-state index contributed by atoms with van der Waals surface area (Å²) in [5.41, 5.74) is 0.851. The van der Waals surface area contributed by atoms with Crippen molar-refractivity contribution in [3.8, 4) is 17.1 Å². The maximum Gasteiger partial charge on any atom is 0.261 e. The lowest BCUT2D eigenvalue weighted by Crippen LogP contribution is -2.37. The molecule has 0 unspecified atom stereocenters. The average molecular weight is 372 g/mol. The van der Waals surface area contributed by atoms with Crippen molar-refractivity contribution in [3.63, 3.8) is 0 Å². The number of ether oxygens (including phenoxy) is 1. The van der Waals surface area contributed by atoms with Crippen molar-refractivity contribution in [3.05, 3.63) is 65.5 Å². The second-order valence-corrected chi connectivity index (χ2v) is 6.00. The fourth-order valence-electron chi connectivity index (χ4n) is 2.33. The van der Waals surface area contributed by atoms with Crippen LogP contribution in [0.25, 0.3) is 11.4 Å². The number of nitrogens with zero attached hydrogens (tertiary/aromatic N) is 2. The fourth-order valence-corrected chi connectivity index (χ4v) is 2.51. The molecule has 1 heterocycles. The van der Waals surface area contributed by atoms with Crippen molar-refractivity contribution in [1.82, 2.24) is 15.5 Å². The summed E-state index contributed by atoms with van der Waals surface area (Å²) in [6.45, 7) is 2.00. The van der Waals surface area contributed by atoms with Gasteiger partial charge < -0.3 is 14.6 Å². The smallest absolute Gasteiger partial charge is 0.261 e. The molecule has 3 aromatic rings. The molecule has 6 nitrogen and oxygen atoms in total. The van der Waals surface area contributed by atoms with Crippen molar-refractivity contribution >= 4 is 17.5 Å². The number of nitrogens with one attached hydrogen (secondary N) is 1. The number of rotatable bonds is 7. The van der Waals surface area contributed by atoms with Gasteiger partial charge >= 0.3 is 0 Å². The maximum atomic E-state index is 12.4. The van der Waals surface area contributed by atoms with Crippen LogP contribution in [0.2, 0.25) is 5.02 Å². The second kappa shape index (κ2) is 8.49. The molecule has 0 fully saturated rings. The van der Waals surface area contributed by atoms with Crippen LogP contribution >= 0.6 is 11.6 Å². The van der Waals surface area contributed by atoms with Crippen LogP contribution < -0.4 is 10.1 Å². The molecule has 3 rings (SSSR count). The Balaban J connectivity index is 1.58. The Morgan fingerprint density at radius 1 is 1.23 bits per heavy atom. The minimum Gasteiger partial charge on any atom is -0.481 e. The molecule has 1 atom stereocenters. The topological polar surface area (TPSA) is 77.2 Å². The molecule has 2 aromatic carbocycles. The van der Waals surface area contributed by atoms with E-state index in [1.54, 1.807) is 24.3 Å². The van der Waals surface area contributed by atoms with Gasteiger partial charge in [0.25, 0.3) is 5.91 Å². The van der Waals surface area contributed by atoms with Crippen LogP contribution in [0.1, 0.15) is 19.2 Å². The molecule has 1 amide bonds. The molecule has 0 bridgehead atoms. The van der Waals surface area contributed by atoms with Crippen LogP contribution in [0.3, 0.4) is 0 Å². The largest absolute Gasteiger partial charge is 0.481 e. The highest BCUT2D eigenvalue weighted by atomic mass is 35.5. The van der Waals surface area contributed by atoms with Gasteiger partial charge in [-0.25, -0.2) is 0 Å². The molecule has 0 saturated carbocycles. The van der Waals surface area contributed by atoms with Crippen LogP contribution in [0.5, 0.6) is 5.75 Å². The molecule has 1 aromatic heterocycles. The molecule has 1 N–H and O–H groups in total. The Morgan fingerprint density at radius 3 is 2.77 bits per heavy atom. The van der Waals surface area contributed by atoms with E-state index in [0.717, 1.165) is 5.56 Å². The molecule has 26 heavy (non-hydrogen) atoms. The number of hydrogen-bond donors (Lipinski definition) is 1. The summed E-state index contributed by atoms with van der Waals surface area (Å²) in [7, 11) is 0. The van der Waals surface area contributed by atoms with Gasteiger partial charge in [-0.3, -0.25) is 4.79 Å². The molecule has 0 radical (unpaired) electrons. The van der Waals surface area contributed by atoms with Crippen molar-refractivity contribution in [2.24, 2.45) is 0 Å². The van der Waals surface area contributed by atoms with E-state index in [-0.39, 0.29) is 12.5 Å². The maximum absolute atomic E-state index is 12.4. The summed E-state index contributed by atoms with van der Waals surface area (Å²) in [4.78, 5) is 16.6. The number of hydrogen-bond acceptors (Lipinski definition) is 5. The first-order chi connectivity index (χ1) is 12.7. The van der Waals surface area contributed by atoms with E-state index in [0.29, 0.717) is 28.9 Å². The Morgan fingerprint density at radius 2 is 2.04 bits per heavy atom. The zero-order chi connectivity index (χ0) is 18.4. The van der Waals surface area contributed by atoms with Gasteiger partial charge in [0.2, 0.25) is 11.7 Å². The molecule has 0 aliphatic carbocycles. The summed E-state index contributed by atoms with van der Waals surface area (Å²) in [5, 5.41) is 7.23. The third kappa shape index (κ3) is 4.61. The Hall–Kier alpha value is -2.86. The molecule has 0 saturated heterocycles. The van der Waals surface area contributed by atoms with Gasteiger partial charge in [-0.15, -0.1) is 0 Å². The molecular formula is C19H18ClN3O3. The van der Waals surface area contributed by atoms with Gasteiger partial charge in [-0.1, -0.05) is 60.1 Å². The first kappa shape index (κ1) is 17.9. The number of benzene rings is 2. The summed E-state index contributed by atoms with van der Waals surface area (Å²) in [6.07, 6.45) is -0.123. The van der Waals surface area contributed by atoms with E-state index < -0.39 is 6.10 Å². The van der Waals surface area contributed by atoms with Crippen LogP contribution in [-0.2, 0) is 11.3 Å². The summed E-state index contributed by atoms with van der Waals surface area (Å²) >= 11 is 5.94. The number of amides is 1. The highest BCUT2D eigenvalue weighted by Gasteiger charge is 2.19. The van der Waals surface area contributed by atoms with E-state index in [9.17, 15) is 4.79 Å². The van der Waals surface area contributed by atoms with E-state index in [1.165, 1.54) is 0 Å². The summed E-state index contributed by atoms with van der Waals surface area (Å²) < 4.78 is 10.9. The molecule has 7 heteroatoms. The van der Waals surface area contributed by atoms with Gasteiger partial charge in [0, 0.05) is 10.6 Å². The fraction of sp³-hybridized carbons (Fsp3) is 0.211. The number of aromatic nitrogens is 2. The SMILES string of the molecule is CC[C@@H](Oc1cccc(Cl)c1)C(=O)NCc1nc(-c2ccccc2)no1. The third-order valence-electron chi connectivity index (χ3n) is 3.65. The van der Waals surface area contributed by atoms with E-state index >= 15 is 0 Å². The number of carbonyl (C=O) groups excluding carboxylic acids is 1. The highest BCUT2D eigenvalue weighted by molar-refractivity contribution is 6.30. The zero-order valence-corrected chi connectivity index (χ0v) is 14.9. The number of carbonyl (C=O) groups is 1. The standard InChI is InChI=1S/C19H18ClN3O3/c1-2-16(25-15-10-6-9-14(20)11-15)19(24)21-12-17-22-18(23-26-17)13-7-4-3-5-8-13/h3-11,16H,2,12H2,1H3,(H,21,24)/t16-/m1/s1. The lowest BCUT2D eigenvalue weighted by Gasteiger charge is -2.16. The quantitative estimate of drug-likeness (QED) is 0.682. The lowest BCUT2D eigenvalue weighted by molar-refractivity contribution is -0.128. The molecule has 0 aliphatic rings. The average Bonchev–Trinajstić information content (AvgIpc) is 3.14. The van der Waals surface area contributed by atoms with E-state index in [4.69, 9.17) is 20.9 Å². The number of halogens is 1. The monoisotopic (exact) mass is 371 g/mol. The van der Waals surface area contributed by atoms with Crippen molar-refractivity contribution in [2.45, 2.75) is 26.0 Å². The zero-order valence-electron chi connectivity index (χ0n) is 14.2. The highest BCUT2D eigenvalue weighted by Crippen LogP contribution is 2.19. The summed E-state index contributed by atoms with van der Waals surface area (Å²) in [6, 6.07) is 16.4. The predicted octanol–water partition coefficient (Wildman–Crippen LogP) is 3.86.